The van der Waals surface area contributed by atoms with Crippen molar-refractivity contribution in [3.05, 3.63) is 41.2 Å². The molecule has 0 bridgehead atoms. The second-order valence-electron chi connectivity index (χ2n) is 16.4. The Balaban J connectivity index is 1.56. The van der Waals surface area contributed by atoms with E-state index < -0.39 is 22.8 Å². The van der Waals surface area contributed by atoms with E-state index in [-0.39, 0.29) is 29.4 Å². The van der Waals surface area contributed by atoms with E-state index in [1.807, 2.05) is 0 Å². The molecule has 2 atom stereocenters. The lowest BCUT2D eigenvalue weighted by molar-refractivity contribution is -0.190. The number of aromatic hydroxyl groups is 1. The number of aliphatic hydroxyl groups is 1. The van der Waals surface area contributed by atoms with Crippen LogP contribution < -0.4 is 9.47 Å². The molecular weight excluding hydrogens is 689 g/mol. The molecule has 0 radical (unpaired) electrons. The minimum atomic E-state index is -2.41. The van der Waals surface area contributed by atoms with Crippen LogP contribution in [0.3, 0.4) is 0 Å². The van der Waals surface area contributed by atoms with Gasteiger partial charge in [-0.1, -0.05) is 180 Å². The molecule has 7 nitrogen and oxygen atoms in total. The number of hydrogen-bond acceptors (Lipinski definition) is 7. The Morgan fingerprint density at radius 3 is 1.62 bits per heavy atom. The van der Waals surface area contributed by atoms with Gasteiger partial charge in [-0.15, -0.1) is 0 Å². The molecule has 2 N–H and O–H groups in total. The van der Waals surface area contributed by atoms with E-state index >= 15 is 0 Å². The van der Waals surface area contributed by atoms with Crippen LogP contribution in [-0.4, -0.2) is 41.8 Å². The van der Waals surface area contributed by atoms with E-state index in [4.69, 9.17) is 14.2 Å². The Morgan fingerprint density at radius 1 is 0.636 bits per heavy atom. The van der Waals surface area contributed by atoms with E-state index in [1.54, 1.807) is 0 Å². The Labute approximate surface area is 335 Å². The molecule has 2 aliphatic rings. The highest BCUT2D eigenvalue weighted by atomic mass is 16.6. The number of unbranched alkanes of at least 4 members (excludes halogenated alkanes) is 25. The predicted molar refractivity (Wildman–Crippen MR) is 225 cm³/mol. The molecule has 1 aromatic rings. The highest BCUT2D eigenvalue weighted by molar-refractivity contribution is 6.18. The number of carbonyl (C=O) groups is 2. The first kappa shape index (κ1) is 46.6. The van der Waals surface area contributed by atoms with Gasteiger partial charge >= 0.3 is 0 Å². The zero-order chi connectivity index (χ0) is 39.8. The molecule has 1 heterocycles. The largest absolute Gasteiger partial charge is 0.504 e. The number of ketones is 2. The van der Waals surface area contributed by atoms with Gasteiger partial charge in [0, 0.05) is 23.3 Å². The molecule has 0 amide bonds. The maximum atomic E-state index is 14.4. The van der Waals surface area contributed by atoms with E-state index in [9.17, 15) is 19.8 Å². The molecule has 1 aromatic carbocycles. The second kappa shape index (κ2) is 26.2. The Morgan fingerprint density at radius 2 is 1.11 bits per heavy atom. The lowest BCUT2D eigenvalue weighted by Crippen LogP contribution is -2.63. The minimum Gasteiger partial charge on any atom is -0.504 e. The smallest absolute Gasteiger partial charge is 0.289 e. The molecule has 0 spiro atoms. The van der Waals surface area contributed by atoms with Crippen LogP contribution in [-0.2, 0) is 26.2 Å². The van der Waals surface area contributed by atoms with Crippen LogP contribution in [0.1, 0.15) is 211 Å². The Hall–Kier alpha value is -2.80. The number of methoxy groups -OCH3 is 2. The average Bonchev–Trinajstić information content (AvgIpc) is 3.45. The molecule has 0 unspecified atom stereocenters. The monoisotopic (exact) mass is 767 g/mol. The number of phenols is 1. The topological polar surface area (TPSA) is 102 Å². The summed E-state index contributed by atoms with van der Waals surface area (Å²) in [4.78, 5) is 28.0. The first-order valence-corrected chi connectivity index (χ1v) is 22.7. The third-order valence-electron chi connectivity index (χ3n) is 12.1. The molecule has 0 saturated heterocycles. The van der Waals surface area contributed by atoms with Crippen LogP contribution in [0.5, 0.6) is 17.2 Å². The van der Waals surface area contributed by atoms with Crippen molar-refractivity contribution >= 4 is 11.6 Å². The quantitative estimate of drug-likeness (QED) is 0.0542. The maximum Gasteiger partial charge on any atom is 0.289 e. The lowest BCUT2D eigenvalue weighted by Gasteiger charge is -2.41. The van der Waals surface area contributed by atoms with Gasteiger partial charge in [0.25, 0.3) is 5.79 Å². The summed E-state index contributed by atoms with van der Waals surface area (Å²) in [6.07, 6.45) is 39.9. The summed E-state index contributed by atoms with van der Waals surface area (Å²) in [5, 5.41) is 23.6. The van der Waals surface area contributed by atoms with Gasteiger partial charge in [-0.2, -0.15) is 0 Å². The normalized spacial score (nSPS) is 19.1. The fourth-order valence-corrected chi connectivity index (χ4v) is 8.74. The summed E-state index contributed by atoms with van der Waals surface area (Å²) in [5.41, 5.74) is -0.770. The van der Waals surface area contributed by atoms with Gasteiger partial charge in [0.2, 0.25) is 11.6 Å². The number of ether oxygens (including phenoxy) is 3. The van der Waals surface area contributed by atoms with Crippen molar-refractivity contribution in [2.45, 2.75) is 218 Å². The average molecular weight is 767 g/mol. The fourth-order valence-electron chi connectivity index (χ4n) is 8.74. The Kier molecular flexibility index (Phi) is 22.2. The van der Waals surface area contributed by atoms with Crippen LogP contribution in [0, 0.1) is 0 Å². The van der Waals surface area contributed by atoms with Crippen molar-refractivity contribution in [1.29, 1.82) is 0 Å². The predicted octanol–water partition coefficient (Wildman–Crippen LogP) is 12.9. The van der Waals surface area contributed by atoms with Crippen LogP contribution >= 0.6 is 0 Å². The molecule has 0 aromatic heterocycles. The highest BCUT2D eigenvalue weighted by Crippen LogP contribution is 2.59. The fraction of sp³-hybridized carbons (Fsp3) is 0.750. The van der Waals surface area contributed by atoms with Gasteiger partial charge in [-0.3, -0.25) is 9.59 Å². The minimum absolute atomic E-state index is 0.0565. The van der Waals surface area contributed by atoms with Crippen molar-refractivity contribution in [3.8, 4) is 17.2 Å². The molecule has 0 fully saturated rings. The van der Waals surface area contributed by atoms with Crippen molar-refractivity contribution in [2.24, 2.45) is 0 Å². The van der Waals surface area contributed by atoms with Crippen LogP contribution in [0.2, 0.25) is 0 Å². The zero-order valence-electron chi connectivity index (χ0n) is 35.5. The SMILES string of the molecule is CCCCC=CCCCCCCCCCCCc1c(O)c(OC)cc2c1[C@]1(CCCCCCCCCCCCCCCCC)C(=O)C(OC)=CC(=O)[C@]1(O)O2. The number of Topliss-reactive ketones (excluding diaryl/α,β-unsaturated/α-hetero) is 1. The van der Waals surface area contributed by atoms with Gasteiger partial charge in [-0.25, -0.2) is 0 Å². The number of hydrogen-bond donors (Lipinski definition) is 2. The zero-order valence-corrected chi connectivity index (χ0v) is 35.5. The molecule has 55 heavy (non-hydrogen) atoms. The van der Waals surface area contributed by atoms with Gasteiger partial charge < -0.3 is 24.4 Å². The maximum absolute atomic E-state index is 14.4. The first-order chi connectivity index (χ1) is 26.8. The molecule has 7 heteroatoms. The second-order valence-corrected chi connectivity index (χ2v) is 16.4. The Bertz CT molecular complexity index is 1330. The third kappa shape index (κ3) is 13.4. The van der Waals surface area contributed by atoms with Crippen molar-refractivity contribution in [1.82, 2.24) is 0 Å². The van der Waals surface area contributed by atoms with Crippen molar-refractivity contribution < 1.29 is 34.0 Å². The van der Waals surface area contributed by atoms with Crippen LogP contribution in [0.25, 0.3) is 0 Å². The van der Waals surface area contributed by atoms with Crippen LogP contribution in [0.4, 0.5) is 0 Å². The summed E-state index contributed by atoms with van der Waals surface area (Å²) in [5.74, 6) is -3.32. The highest BCUT2D eigenvalue weighted by Gasteiger charge is 2.71. The number of allylic oxidation sites excluding steroid dienone is 3. The van der Waals surface area contributed by atoms with E-state index in [2.05, 4.69) is 26.0 Å². The van der Waals surface area contributed by atoms with Crippen LogP contribution in [0.15, 0.2) is 30.1 Å². The van der Waals surface area contributed by atoms with Gasteiger partial charge in [-0.05, 0) is 38.5 Å². The number of carbonyl (C=O) groups excluding carboxylic acids is 2. The summed E-state index contributed by atoms with van der Waals surface area (Å²) >= 11 is 0. The standard InChI is InChI=1S/C48H78O7/c1-5-7-9-11-13-15-17-19-21-23-25-27-29-31-33-35-39-44-40(37-41(53-3)45(39)50)55-48(52)43(49)38-42(54-4)46(51)47(44,48)36-34-32-30-28-26-24-22-20-18-16-14-12-10-8-6-2/h11,13,37-38,50,52H,5-10,12,14-36H2,1-4H3/t47-,48+/m1/s1. The van der Waals surface area contributed by atoms with Gasteiger partial charge in [0.1, 0.15) is 11.2 Å². The van der Waals surface area contributed by atoms with E-state index in [1.165, 1.54) is 155 Å². The summed E-state index contributed by atoms with van der Waals surface area (Å²) in [7, 11) is 2.84. The lowest BCUT2D eigenvalue weighted by atomic mass is 9.62. The third-order valence-corrected chi connectivity index (χ3v) is 12.1. The number of benzene rings is 1. The molecule has 312 valence electrons. The molecule has 3 rings (SSSR count). The summed E-state index contributed by atoms with van der Waals surface area (Å²) in [6, 6.07) is 1.51. The van der Waals surface area contributed by atoms with Crippen molar-refractivity contribution in [2.75, 3.05) is 14.2 Å². The first-order valence-electron chi connectivity index (χ1n) is 22.7. The summed E-state index contributed by atoms with van der Waals surface area (Å²) < 4.78 is 17.1. The number of phenolic OH excluding ortho intramolecular Hbond substituents is 1. The van der Waals surface area contributed by atoms with E-state index in [0.717, 1.165) is 44.6 Å². The molecule has 0 saturated carbocycles. The molecular formula is C48H78O7. The van der Waals surface area contributed by atoms with E-state index in [0.29, 0.717) is 24.0 Å². The number of rotatable bonds is 33. The molecule has 1 aliphatic heterocycles. The van der Waals surface area contributed by atoms with Crippen molar-refractivity contribution in [3.63, 3.8) is 0 Å². The summed E-state index contributed by atoms with van der Waals surface area (Å²) in [6.45, 7) is 4.50. The van der Waals surface area contributed by atoms with Gasteiger partial charge in [0.05, 0.1) is 14.2 Å². The number of fused-ring (bicyclic) bond motifs is 3. The van der Waals surface area contributed by atoms with Gasteiger partial charge in [0.15, 0.2) is 17.3 Å². The molecule has 1 aliphatic carbocycles.